The molecule has 0 bridgehead atoms. The third-order valence-corrected chi connectivity index (χ3v) is 3.88. The summed E-state index contributed by atoms with van der Waals surface area (Å²) in [4.78, 5) is 12.2. The van der Waals surface area contributed by atoms with Crippen LogP contribution >= 0.6 is 0 Å². The fraction of sp³-hybridized carbons (Fsp3) is 0.812. The minimum atomic E-state index is 0.304. The average Bonchev–Trinajstić information content (AvgIpc) is 2.75. The topological polar surface area (TPSA) is 17.1 Å². The second-order valence-electron chi connectivity index (χ2n) is 6.01. The molecule has 0 spiro atoms. The van der Waals surface area contributed by atoms with Crippen LogP contribution in [0, 0.1) is 17.8 Å². The van der Waals surface area contributed by atoms with Crippen molar-refractivity contribution in [1.29, 1.82) is 0 Å². The highest BCUT2D eigenvalue weighted by Crippen LogP contribution is 2.32. The summed E-state index contributed by atoms with van der Waals surface area (Å²) < 4.78 is 0. The highest BCUT2D eigenvalue weighted by Gasteiger charge is 2.24. The average molecular weight is 236 g/mol. The molecule has 1 aliphatic carbocycles. The van der Waals surface area contributed by atoms with Crippen molar-refractivity contribution in [2.45, 2.75) is 65.2 Å². The van der Waals surface area contributed by atoms with Crippen molar-refractivity contribution in [1.82, 2.24) is 0 Å². The summed E-state index contributed by atoms with van der Waals surface area (Å²) in [6.07, 6.45) is 11.3. The van der Waals surface area contributed by atoms with E-state index in [9.17, 15) is 4.79 Å². The first-order valence-electron chi connectivity index (χ1n) is 7.27. The van der Waals surface area contributed by atoms with Gasteiger partial charge in [-0.2, -0.15) is 0 Å². The molecule has 0 N–H and O–H groups in total. The summed E-state index contributed by atoms with van der Waals surface area (Å²) in [5.41, 5.74) is 0. The number of allylic oxidation sites excluding steroid dienone is 1. The van der Waals surface area contributed by atoms with Crippen LogP contribution in [0.2, 0.25) is 0 Å². The predicted octanol–water partition coefficient (Wildman–Crippen LogP) is 4.76. The van der Waals surface area contributed by atoms with Crippen molar-refractivity contribution in [3.05, 3.63) is 12.7 Å². The summed E-state index contributed by atoms with van der Waals surface area (Å²) in [5.74, 6) is 2.12. The third-order valence-electron chi connectivity index (χ3n) is 3.88. The van der Waals surface area contributed by atoms with E-state index in [1.807, 2.05) is 6.08 Å². The molecule has 1 heteroatoms. The third kappa shape index (κ3) is 5.52. The van der Waals surface area contributed by atoms with Crippen LogP contribution in [-0.2, 0) is 4.79 Å². The van der Waals surface area contributed by atoms with E-state index < -0.39 is 0 Å². The van der Waals surface area contributed by atoms with E-state index in [-0.39, 0.29) is 0 Å². The molecule has 1 unspecified atom stereocenters. The van der Waals surface area contributed by atoms with Gasteiger partial charge >= 0.3 is 0 Å². The molecule has 98 valence electrons. The smallest absolute Gasteiger partial charge is 0.136 e. The van der Waals surface area contributed by atoms with E-state index in [1.165, 1.54) is 25.7 Å². The lowest BCUT2D eigenvalue weighted by atomic mass is 9.84. The number of hydrogen-bond acceptors (Lipinski definition) is 1. The Bertz CT molecular complexity index is 236. The Morgan fingerprint density at radius 1 is 1.35 bits per heavy atom. The fourth-order valence-corrected chi connectivity index (χ4v) is 2.95. The summed E-state index contributed by atoms with van der Waals surface area (Å²) in [6, 6.07) is 0. The molecule has 0 aliphatic heterocycles. The molecule has 17 heavy (non-hydrogen) atoms. The number of ketones is 1. The predicted molar refractivity (Wildman–Crippen MR) is 74.0 cm³/mol. The molecule has 1 aliphatic rings. The number of carbonyl (C=O) groups excluding carboxylic acids is 1. The van der Waals surface area contributed by atoms with Gasteiger partial charge in [-0.05, 0) is 31.1 Å². The second kappa shape index (κ2) is 7.68. The van der Waals surface area contributed by atoms with Crippen molar-refractivity contribution in [3.63, 3.8) is 0 Å². The van der Waals surface area contributed by atoms with Gasteiger partial charge < -0.3 is 0 Å². The van der Waals surface area contributed by atoms with Gasteiger partial charge in [0.15, 0.2) is 0 Å². The Balaban J connectivity index is 2.45. The van der Waals surface area contributed by atoms with Crippen LogP contribution in [0.4, 0.5) is 0 Å². The lowest BCUT2D eigenvalue weighted by Crippen LogP contribution is -2.19. The minimum absolute atomic E-state index is 0.304. The molecular weight excluding hydrogens is 208 g/mol. The number of rotatable bonds is 8. The van der Waals surface area contributed by atoms with Gasteiger partial charge in [0.05, 0.1) is 0 Å². The first kappa shape index (κ1) is 14.5. The molecule has 1 atom stereocenters. The Labute approximate surface area is 107 Å². The van der Waals surface area contributed by atoms with E-state index in [0.717, 1.165) is 31.6 Å². The first-order chi connectivity index (χ1) is 8.13. The summed E-state index contributed by atoms with van der Waals surface area (Å²) in [7, 11) is 0. The molecule has 0 heterocycles. The van der Waals surface area contributed by atoms with E-state index >= 15 is 0 Å². The number of carbonyl (C=O) groups is 1. The second-order valence-corrected chi connectivity index (χ2v) is 6.01. The monoisotopic (exact) mass is 236 g/mol. The van der Waals surface area contributed by atoms with E-state index in [4.69, 9.17) is 0 Å². The van der Waals surface area contributed by atoms with Gasteiger partial charge in [-0.25, -0.2) is 0 Å². The molecule has 0 radical (unpaired) electrons. The van der Waals surface area contributed by atoms with Gasteiger partial charge in [-0.15, -0.1) is 6.58 Å². The fourth-order valence-electron chi connectivity index (χ4n) is 2.95. The standard InChI is InChI=1S/C16H28O/c1-4-5-10-15(16(17)11-13(2)3)12-14-8-6-7-9-14/h4,13-15H,1,5-12H2,2-3H3. The van der Waals surface area contributed by atoms with Crippen molar-refractivity contribution >= 4 is 5.78 Å². The van der Waals surface area contributed by atoms with E-state index in [0.29, 0.717) is 17.6 Å². The maximum Gasteiger partial charge on any atom is 0.136 e. The summed E-state index contributed by atoms with van der Waals surface area (Å²) >= 11 is 0. The van der Waals surface area contributed by atoms with Crippen molar-refractivity contribution in [3.8, 4) is 0 Å². The van der Waals surface area contributed by atoms with Crippen molar-refractivity contribution in [2.24, 2.45) is 17.8 Å². The van der Waals surface area contributed by atoms with Gasteiger partial charge in [0.2, 0.25) is 0 Å². The lowest BCUT2D eigenvalue weighted by Gasteiger charge is -2.20. The molecule has 0 amide bonds. The summed E-state index contributed by atoms with van der Waals surface area (Å²) in [6.45, 7) is 8.05. The SMILES string of the molecule is C=CCCC(CC1CCCC1)C(=O)CC(C)C. The molecule has 0 aromatic carbocycles. The van der Waals surface area contributed by atoms with Crippen LogP contribution in [0.15, 0.2) is 12.7 Å². The highest BCUT2D eigenvalue weighted by molar-refractivity contribution is 5.81. The molecule has 0 saturated heterocycles. The van der Waals surface area contributed by atoms with Crippen LogP contribution in [0.25, 0.3) is 0 Å². The van der Waals surface area contributed by atoms with Crippen LogP contribution in [0.1, 0.15) is 65.2 Å². The molecule has 1 nitrogen and oxygen atoms in total. The lowest BCUT2D eigenvalue weighted by molar-refractivity contribution is -0.124. The van der Waals surface area contributed by atoms with Gasteiger partial charge in [0.25, 0.3) is 0 Å². The number of hydrogen-bond donors (Lipinski definition) is 0. The van der Waals surface area contributed by atoms with E-state index in [1.54, 1.807) is 0 Å². The molecule has 1 rings (SSSR count). The zero-order chi connectivity index (χ0) is 12.7. The minimum Gasteiger partial charge on any atom is -0.299 e. The Morgan fingerprint density at radius 3 is 2.53 bits per heavy atom. The van der Waals surface area contributed by atoms with Crippen LogP contribution in [0.5, 0.6) is 0 Å². The van der Waals surface area contributed by atoms with Crippen LogP contribution in [0.3, 0.4) is 0 Å². The molecular formula is C16H28O. The Kier molecular flexibility index (Phi) is 6.54. The summed E-state index contributed by atoms with van der Waals surface area (Å²) in [5, 5.41) is 0. The molecule has 1 saturated carbocycles. The number of Topliss-reactive ketones (excluding diaryl/α,β-unsaturated/α-hetero) is 1. The Morgan fingerprint density at radius 2 is 2.00 bits per heavy atom. The first-order valence-corrected chi connectivity index (χ1v) is 7.27. The maximum atomic E-state index is 12.2. The maximum absolute atomic E-state index is 12.2. The molecule has 1 fully saturated rings. The quantitative estimate of drug-likeness (QED) is 0.555. The van der Waals surface area contributed by atoms with Gasteiger partial charge in [-0.1, -0.05) is 45.6 Å². The normalized spacial score (nSPS) is 18.5. The van der Waals surface area contributed by atoms with Crippen molar-refractivity contribution < 1.29 is 4.79 Å². The molecule has 0 aromatic rings. The van der Waals surface area contributed by atoms with Crippen molar-refractivity contribution in [2.75, 3.05) is 0 Å². The van der Waals surface area contributed by atoms with Gasteiger partial charge in [0, 0.05) is 12.3 Å². The highest BCUT2D eigenvalue weighted by atomic mass is 16.1. The Hall–Kier alpha value is -0.590. The zero-order valence-electron chi connectivity index (χ0n) is 11.6. The zero-order valence-corrected chi connectivity index (χ0v) is 11.6. The van der Waals surface area contributed by atoms with Crippen LogP contribution in [-0.4, -0.2) is 5.78 Å². The van der Waals surface area contributed by atoms with Gasteiger partial charge in [0.1, 0.15) is 5.78 Å². The van der Waals surface area contributed by atoms with E-state index in [2.05, 4.69) is 20.4 Å². The van der Waals surface area contributed by atoms with Gasteiger partial charge in [-0.3, -0.25) is 4.79 Å². The van der Waals surface area contributed by atoms with Crippen LogP contribution < -0.4 is 0 Å². The largest absolute Gasteiger partial charge is 0.299 e. The molecule has 0 aromatic heterocycles.